The summed E-state index contributed by atoms with van der Waals surface area (Å²) in [6.07, 6.45) is 6.69. The molecule has 1 atom stereocenters. The molecule has 0 bridgehead atoms. The lowest BCUT2D eigenvalue weighted by molar-refractivity contribution is -0.149. The van der Waals surface area contributed by atoms with Gasteiger partial charge in [0.15, 0.2) is 0 Å². The van der Waals surface area contributed by atoms with Crippen LogP contribution in [0.1, 0.15) is 32.1 Å². The van der Waals surface area contributed by atoms with Gasteiger partial charge in [-0.2, -0.15) is 4.98 Å². The first-order valence-electron chi connectivity index (χ1n) is 9.36. The Morgan fingerprint density at radius 2 is 2.12 bits per heavy atom. The van der Waals surface area contributed by atoms with Gasteiger partial charge in [0.25, 0.3) is 0 Å². The van der Waals surface area contributed by atoms with Gasteiger partial charge in [-0.1, -0.05) is 0 Å². The summed E-state index contributed by atoms with van der Waals surface area (Å²) in [6.45, 7) is 4.03. The average Bonchev–Trinajstić information content (AvgIpc) is 3.10. The van der Waals surface area contributed by atoms with Crippen LogP contribution >= 0.6 is 0 Å². The molecule has 1 amide bonds. The Kier molecular flexibility index (Phi) is 4.50. The van der Waals surface area contributed by atoms with Crippen LogP contribution in [0.3, 0.4) is 0 Å². The second-order valence-electron chi connectivity index (χ2n) is 7.39. The third kappa shape index (κ3) is 3.05. The van der Waals surface area contributed by atoms with Gasteiger partial charge in [-0.25, -0.2) is 4.98 Å². The van der Waals surface area contributed by atoms with Crippen molar-refractivity contribution in [3.63, 3.8) is 0 Å². The number of aromatic nitrogens is 2. The molecule has 1 spiro atoms. The van der Waals surface area contributed by atoms with E-state index in [-0.39, 0.29) is 5.41 Å². The van der Waals surface area contributed by atoms with Crippen LogP contribution in [0.4, 0.5) is 11.8 Å². The van der Waals surface area contributed by atoms with Gasteiger partial charge in [0.2, 0.25) is 11.9 Å². The van der Waals surface area contributed by atoms with Crippen molar-refractivity contribution in [1.82, 2.24) is 14.9 Å². The summed E-state index contributed by atoms with van der Waals surface area (Å²) in [6, 6.07) is 2.21. The van der Waals surface area contributed by atoms with Crippen LogP contribution in [0.15, 0.2) is 12.3 Å². The second kappa shape index (κ2) is 6.78. The van der Waals surface area contributed by atoms with Crippen molar-refractivity contribution in [1.29, 1.82) is 0 Å². The molecule has 3 aliphatic heterocycles. The van der Waals surface area contributed by atoms with E-state index in [4.69, 9.17) is 4.74 Å². The number of hydrogen-bond donors (Lipinski definition) is 1. The summed E-state index contributed by atoms with van der Waals surface area (Å²) in [5.41, 5.74) is -0.254. The van der Waals surface area contributed by atoms with Gasteiger partial charge in [0.1, 0.15) is 5.82 Å². The summed E-state index contributed by atoms with van der Waals surface area (Å²) in [5, 5.41) is 3.06. The number of carbonyl (C=O) groups excluding carboxylic acids is 1. The zero-order valence-electron chi connectivity index (χ0n) is 14.9. The van der Waals surface area contributed by atoms with Gasteiger partial charge in [0.05, 0.1) is 5.41 Å². The SMILES string of the molecule is CNc1ccnc(N2CCC3(CCCN(C4CCOCC4)C3=O)C2)n1. The highest BCUT2D eigenvalue weighted by molar-refractivity contribution is 5.85. The Balaban J connectivity index is 1.50. The number of nitrogens with one attached hydrogen (secondary N) is 1. The van der Waals surface area contributed by atoms with Crippen molar-refractivity contribution in [2.75, 3.05) is 50.1 Å². The lowest BCUT2D eigenvalue weighted by Crippen LogP contribution is -2.54. The van der Waals surface area contributed by atoms with E-state index in [1.807, 2.05) is 13.1 Å². The number of nitrogens with zero attached hydrogens (tertiary/aromatic N) is 4. The second-order valence-corrected chi connectivity index (χ2v) is 7.39. The van der Waals surface area contributed by atoms with Crippen LogP contribution in [0.2, 0.25) is 0 Å². The summed E-state index contributed by atoms with van der Waals surface area (Å²) in [4.78, 5) is 26.6. The van der Waals surface area contributed by atoms with Crippen molar-refractivity contribution in [2.45, 2.75) is 38.1 Å². The van der Waals surface area contributed by atoms with E-state index in [1.165, 1.54) is 0 Å². The standard InChI is InChI=1S/C18H27N5O2/c1-19-15-3-8-20-17(21-15)22-10-7-18(13-22)6-2-9-23(16(18)24)14-4-11-25-12-5-14/h3,8,14H,2,4-7,9-13H2,1H3,(H,19,20,21). The molecular weight excluding hydrogens is 318 g/mol. The lowest BCUT2D eigenvalue weighted by Gasteiger charge is -2.44. The number of rotatable bonds is 3. The fourth-order valence-corrected chi connectivity index (χ4v) is 4.51. The Hall–Kier alpha value is -1.89. The highest BCUT2D eigenvalue weighted by Crippen LogP contribution is 2.42. The normalized spacial score (nSPS) is 28.0. The third-order valence-electron chi connectivity index (χ3n) is 5.94. The summed E-state index contributed by atoms with van der Waals surface area (Å²) < 4.78 is 5.47. The van der Waals surface area contributed by atoms with Crippen LogP contribution in [0.25, 0.3) is 0 Å². The van der Waals surface area contributed by atoms with Gasteiger partial charge in [-0.15, -0.1) is 0 Å². The quantitative estimate of drug-likeness (QED) is 0.896. The van der Waals surface area contributed by atoms with E-state index in [1.54, 1.807) is 6.20 Å². The third-order valence-corrected chi connectivity index (χ3v) is 5.94. The molecule has 3 aliphatic rings. The first-order chi connectivity index (χ1) is 12.2. The molecule has 0 radical (unpaired) electrons. The molecule has 7 nitrogen and oxygen atoms in total. The highest BCUT2D eigenvalue weighted by atomic mass is 16.5. The van der Waals surface area contributed by atoms with Crippen LogP contribution in [-0.2, 0) is 9.53 Å². The van der Waals surface area contributed by atoms with E-state index in [0.717, 1.165) is 76.7 Å². The van der Waals surface area contributed by atoms with E-state index >= 15 is 0 Å². The summed E-state index contributed by atoms with van der Waals surface area (Å²) >= 11 is 0. The van der Waals surface area contributed by atoms with Crippen molar-refractivity contribution >= 4 is 17.7 Å². The Morgan fingerprint density at radius 1 is 1.28 bits per heavy atom. The largest absolute Gasteiger partial charge is 0.381 e. The minimum Gasteiger partial charge on any atom is -0.381 e. The molecule has 0 aromatic carbocycles. The molecule has 0 saturated carbocycles. The number of likely N-dealkylation sites (tertiary alicyclic amines) is 1. The maximum absolute atomic E-state index is 13.4. The van der Waals surface area contributed by atoms with Crippen LogP contribution in [0, 0.1) is 5.41 Å². The fraction of sp³-hybridized carbons (Fsp3) is 0.722. The fourth-order valence-electron chi connectivity index (χ4n) is 4.51. The zero-order valence-corrected chi connectivity index (χ0v) is 14.9. The number of carbonyl (C=O) groups is 1. The van der Waals surface area contributed by atoms with Gasteiger partial charge < -0.3 is 19.9 Å². The Bertz CT molecular complexity index is 634. The number of piperidine rings is 1. The molecule has 3 fully saturated rings. The minimum atomic E-state index is -0.254. The summed E-state index contributed by atoms with van der Waals surface area (Å²) in [7, 11) is 1.86. The lowest BCUT2D eigenvalue weighted by atomic mass is 9.77. The number of amides is 1. The highest BCUT2D eigenvalue weighted by Gasteiger charge is 2.50. The first kappa shape index (κ1) is 16.6. The van der Waals surface area contributed by atoms with Crippen LogP contribution < -0.4 is 10.2 Å². The maximum atomic E-state index is 13.4. The molecule has 1 N–H and O–H groups in total. The summed E-state index contributed by atoms with van der Waals surface area (Å²) in [5.74, 6) is 1.88. The molecule has 4 heterocycles. The monoisotopic (exact) mass is 345 g/mol. The van der Waals surface area contributed by atoms with Crippen molar-refractivity contribution in [2.24, 2.45) is 5.41 Å². The minimum absolute atomic E-state index is 0.254. The first-order valence-corrected chi connectivity index (χ1v) is 9.36. The number of anilines is 2. The molecule has 136 valence electrons. The van der Waals surface area contributed by atoms with E-state index in [0.29, 0.717) is 11.9 Å². The molecule has 0 aliphatic carbocycles. The predicted molar refractivity (Wildman–Crippen MR) is 95.6 cm³/mol. The van der Waals surface area contributed by atoms with Gasteiger partial charge in [-0.05, 0) is 38.2 Å². The van der Waals surface area contributed by atoms with Crippen LogP contribution in [-0.4, -0.2) is 66.7 Å². The van der Waals surface area contributed by atoms with E-state index < -0.39 is 0 Å². The zero-order chi connectivity index (χ0) is 17.3. The molecule has 25 heavy (non-hydrogen) atoms. The Morgan fingerprint density at radius 3 is 2.92 bits per heavy atom. The average molecular weight is 345 g/mol. The van der Waals surface area contributed by atoms with Crippen molar-refractivity contribution < 1.29 is 9.53 Å². The van der Waals surface area contributed by atoms with Gasteiger partial charge in [0, 0.05) is 52.1 Å². The molecule has 4 rings (SSSR count). The van der Waals surface area contributed by atoms with E-state index in [2.05, 4.69) is 25.1 Å². The molecular formula is C18H27N5O2. The van der Waals surface area contributed by atoms with E-state index in [9.17, 15) is 4.79 Å². The number of ether oxygens (including phenoxy) is 1. The van der Waals surface area contributed by atoms with Crippen molar-refractivity contribution in [3.05, 3.63) is 12.3 Å². The van der Waals surface area contributed by atoms with Gasteiger partial charge in [-0.3, -0.25) is 4.79 Å². The molecule has 1 unspecified atom stereocenters. The molecule has 3 saturated heterocycles. The maximum Gasteiger partial charge on any atom is 0.230 e. The molecule has 1 aromatic heterocycles. The van der Waals surface area contributed by atoms with Crippen molar-refractivity contribution in [3.8, 4) is 0 Å². The van der Waals surface area contributed by atoms with Gasteiger partial charge >= 0.3 is 0 Å². The number of hydrogen-bond acceptors (Lipinski definition) is 6. The predicted octanol–water partition coefficient (Wildman–Crippen LogP) is 1.52. The molecule has 1 aromatic rings. The Labute approximate surface area is 148 Å². The molecule has 7 heteroatoms. The smallest absolute Gasteiger partial charge is 0.230 e. The topological polar surface area (TPSA) is 70.6 Å². The van der Waals surface area contributed by atoms with Crippen LogP contribution in [0.5, 0.6) is 0 Å².